The summed E-state index contributed by atoms with van der Waals surface area (Å²) in [6.45, 7) is 5.63. The Balaban J connectivity index is 0.00000200. The van der Waals surface area contributed by atoms with Crippen LogP contribution in [0, 0.1) is 0 Å². The molecule has 106 valence electrons. The van der Waals surface area contributed by atoms with E-state index in [1.807, 2.05) is 30.3 Å². The van der Waals surface area contributed by atoms with Gasteiger partial charge in [-0.1, -0.05) is 33.4 Å². The van der Waals surface area contributed by atoms with Crippen LogP contribution in [0.15, 0.2) is 36.5 Å². The zero-order chi connectivity index (χ0) is 13.8. The maximum absolute atomic E-state index is 11.0. The van der Waals surface area contributed by atoms with Crippen molar-refractivity contribution in [1.82, 2.24) is 9.97 Å². The molecule has 1 aromatic heterocycles. The number of nitrogens with zero attached hydrogens (tertiary/aromatic N) is 2. The van der Waals surface area contributed by atoms with Crippen LogP contribution in [0.3, 0.4) is 0 Å². The van der Waals surface area contributed by atoms with Gasteiger partial charge in [0.2, 0.25) is 5.91 Å². The third-order valence-electron chi connectivity index (χ3n) is 2.69. The molecule has 1 N–H and O–H groups in total. The largest absolute Gasteiger partial charge is 0.326 e. The maximum atomic E-state index is 11.0. The molecule has 0 aliphatic carbocycles. The molecule has 2 rings (SSSR count). The first-order valence-corrected chi connectivity index (χ1v) is 6.27. The molecule has 0 fully saturated rings. The molecule has 4 heteroatoms. The van der Waals surface area contributed by atoms with E-state index in [4.69, 9.17) is 0 Å². The quantitative estimate of drug-likeness (QED) is 0.922. The predicted octanol–water partition coefficient (Wildman–Crippen LogP) is 3.86. The van der Waals surface area contributed by atoms with Crippen LogP contribution in [-0.2, 0) is 4.79 Å². The van der Waals surface area contributed by atoms with Gasteiger partial charge in [0.25, 0.3) is 0 Å². The van der Waals surface area contributed by atoms with Gasteiger partial charge in [0.1, 0.15) is 5.82 Å². The molecule has 0 aliphatic rings. The highest BCUT2D eigenvalue weighted by Gasteiger charge is 2.05. The fourth-order valence-corrected chi connectivity index (χ4v) is 1.74. The smallest absolute Gasteiger partial charge is 0.221 e. The second-order valence-electron chi connectivity index (χ2n) is 4.71. The molecule has 1 amide bonds. The highest BCUT2D eigenvalue weighted by Crippen LogP contribution is 2.20. The van der Waals surface area contributed by atoms with Crippen LogP contribution < -0.4 is 5.32 Å². The van der Waals surface area contributed by atoms with Crippen molar-refractivity contribution in [2.45, 2.75) is 34.1 Å². The first kappa shape index (κ1) is 15.8. The fourth-order valence-electron chi connectivity index (χ4n) is 1.74. The van der Waals surface area contributed by atoms with Gasteiger partial charge in [-0.25, -0.2) is 9.97 Å². The lowest BCUT2D eigenvalue weighted by Gasteiger charge is -2.07. The Morgan fingerprint density at radius 2 is 1.80 bits per heavy atom. The minimum absolute atomic E-state index is 0. The van der Waals surface area contributed by atoms with Crippen molar-refractivity contribution in [2.24, 2.45) is 0 Å². The second kappa shape index (κ2) is 6.80. The Morgan fingerprint density at radius 3 is 2.35 bits per heavy atom. The standard InChI is InChI=1S/C15H17N3O.CH4/c1-10(2)15-16-9-8-14(18-15)12-4-6-13(7-5-12)17-11(3)19;/h4-10H,1-3H3,(H,17,19);1H4. The van der Waals surface area contributed by atoms with Crippen LogP contribution in [0.25, 0.3) is 11.3 Å². The first-order chi connectivity index (χ1) is 9.06. The van der Waals surface area contributed by atoms with Crippen LogP contribution in [0.2, 0.25) is 0 Å². The van der Waals surface area contributed by atoms with Crippen molar-refractivity contribution in [1.29, 1.82) is 0 Å². The van der Waals surface area contributed by atoms with Gasteiger partial charge in [-0.3, -0.25) is 4.79 Å². The molecular weight excluding hydrogens is 250 g/mol. The van der Waals surface area contributed by atoms with Gasteiger partial charge in [0.05, 0.1) is 5.69 Å². The molecule has 0 bridgehead atoms. The molecule has 0 spiro atoms. The first-order valence-electron chi connectivity index (χ1n) is 6.27. The van der Waals surface area contributed by atoms with Gasteiger partial charge in [-0.05, 0) is 18.2 Å². The van der Waals surface area contributed by atoms with Gasteiger partial charge < -0.3 is 5.32 Å². The predicted molar refractivity (Wildman–Crippen MR) is 82.6 cm³/mol. The Kier molecular flexibility index (Phi) is 5.38. The van der Waals surface area contributed by atoms with E-state index in [0.29, 0.717) is 5.92 Å². The maximum Gasteiger partial charge on any atom is 0.221 e. The van der Waals surface area contributed by atoms with Crippen molar-refractivity contribution in [2.75, 3.05) is 5.32 Å². The van der Waals surface area contributed by atoms with Crippen molar-refractivity contribution < 1.29 is 4.79 Å². The van der Waals surface area contributed by atoms with E-state index in [1.54, 1.807) is 6.20 Å². The number of carbonyl (C=O) groups is 1. The molecule has 0 aliphatic heterocycles. The highest BCUT2D eigenvalue weighted by atomic mass is 16.1. The van der Waals surface area contributed by atoms with Crippen LogP contribution in [0.1, 0.15) is 39.9 Å². The number of carbonyl (C=O) groups excluding carboxylic acids is 1. The third-order valence-corrected chi connectivity index (χ3v) is 2.69. The summed E-state index contributed by atoms with van der Waals surface area (Å²) >= 11 is 0. The van der Waals surface area contributed by atoms with Crippen LogP contribution in [-0.4, -0.2) is 15.9 Å². The molecule has 2 aromatic rings. The van der Waals surface area contributed by atoms with E-state index in [2.05, 4.69) is 29.1 Å². The lowest BCUT2D eigenvalue weighted by molar-refractivity contribution is -0.114. The van der Waals surface area contributed by atoms with Gasteiger partial charge >= 0.3 is 0 Å². The molecule has 0 radical (unpaired) electrons. The SMILES string of the molecule is C.CC(=O)Nc1ccc(-c2ccnc(C(C)C)n2)cc1. The van der Waals surface area contributed by atoms with Crippen molar-refractivity contribution in [3.05, 3.63) is 42.4 Å². The monoisotopic (exact) mass is 271 g/mol. The average Bonchev–Trinajstić information content (AvgIpc) is 2.39. The summed E-state index contributed by atoms with van der Waals surface area (Å²) in [5, 5.41) is 2.74. The summed E-state index contributed by atoms with van der Waals surface area (Å²) in [7, 11) is 0. The number of aromatic nitrogens is 2. The zero-order valence-electron chi connectivity index (χ0n) is 11.3. The highest BCUT2D eigenvalue weighted by molar-refractivity contribution is 5.88. The Bertz CT molecular complexity index is 577. The molecule has 0 unspecified atom stereocenters. The third kappa shape index (κ3) is 3.88. The number of hydrogen-bond acceptors (Lipinski definition) is 3. The van der Waals surface area contributed by atoms with E-state index >= 15 is 0 Å². The lowest BCUT2D eigenvalue weighted by Crippen LogP contribution is -2.05. The van der Waals surface area contributed by atoms with Gasteiger partial charge in [0, 0.05) is 30.3 Å². The fraction of sp³-hybridized carbons (Fsp3) is 0.312. The summed E-state index contributed by atoms with van der Waals surface area (Å²) in [6.07, 6.45) is 1.78. The molecular formula is C16H21N3O. The molecule has 1 heterocycles. The molecule has 0 atom stereocenters. The second-order valence-corrected chi connectivity index (χ2v) is 4.71. The summed E-state index contributed by atoms with van der Waals surface area (Å²) in [4.78, 5) is 19.7. The molecule has 20 heavy (non-hydrogen) atoms. The average molecular weight is 271 g/mol. The topological polar surface area (TPSA) is 54.9 Å². The number of nitrogens with one attached hydrogen (secondary N) is 1. The summed E-state index contributed by atoms with van der Waals surface area (Å²) in [5.41, 5.74) is 2.70. The van der Waals surface area contributed by atoms with Gasteiger partial charge in [-0.2, -0.15) is 0 Å². The van der Waals surface area contributed by atoms with Gasteiger partial charge in [0.15, 0.2) is 0 Å². The van der Waals surface area contributed by atoms with E-state index in [1.165, 1.54) is 6.92 Å². The van der Waals surface area contributed by atoms with E-state index in [0.717, 1.165) is 22.8 Å². The Labute approximate surface area is 120 Å². The van der Waals surface area contributed by atoms with E-state index in [9.17, 15) is 4.79 Å². The molecule has 4 nitrogen and oxygen atoms in total. The zero-order valence-corrected chi connectivity index (χ0v) is 11.3. The molecule has 0 saturated carbocycles. The number of amides is 1. The van der Waals surface area contributed by atoms with Crippen molar-refractivity contribution in [3.8, 4) is 11.3 Å². The van der Waals surface area contributed by atoms with Crippen molar-refractivity contribution >= 4 is 11.6 Å². The van der Waals surface area contributed by atoms with Crippen LogP contribution >= 0.6 is 0 Å². The number of benzene rings is 1. The van der Waals surface area contributed by atoms with Crippen molar-refractivity contribution in [3.63, 3.8) is 0 Å². The normalized spacial score (nSPS) is 10.0. The molecule has 1 aromatic carbocycles. The lowest BCUT2D eigenvalue weighted by atomic mass is 10.1. The number of anilines is 1. The number of rotatable bonds is 3. The minimum Gasteiger partial charge on any atom is -0.326 e. The Hall–Kier alpha value is -2.23. The summed E-state index contributed by atoms with van der Waals surface area (Å²) < 4.78 is 0. The number of hydrogen-bond donors (Lipinski definition) is 1. The minimum atomic E-state index is -0.0723. The van der Waals surface area contributed by atoms with Crippen LogP contribution in [0.4, 0.5) is 5.69 Å². The Morgan fingerprint density at radius 1 is 1.15 bits per heavy atom. The summed E-state index contributed by atoms with van der Waals surface area (Å²) in [6, 6.07) is 9.51. The molecule has 0 saturated heterocycles. The van der Waals surface area contributed by atoms with Gasteiger partial charge in [-0.15, -0.1) is 0 Å². The van der Waals surface area contributed by atoms with E-state index in [-0.39, 0.29) is 13.3 Å². The van der Waals surface area contributed by atoms with Crippen LogP contribution in [0.5, 0.6) is 0 Å². The summed E-state index contributed by atoms with van der Waals surface area (Å²) in [5.74, 6) is 1.07. The van der Waals surface area contributed by atoms with E-state index < -0.39 is 0 Å².